The highest BCUT2D eigenvalue weighted by Gasteiger charge is 2.22. The molecule has 0 bridgehead atoms. The molecule has 1 aliphatic rings. The summed E-state index contributed by atoms with van der Waals surface area (Å²) in [6.07, 6.45) is 2.93. The van der Waals surface area contributed by atoms with Gasteiger partial charge in [0.15, 0.2) is 5.96 Å². The van der Waals surface area contributed by atoms with E-state index in [9.17, 15) is 4.79 Å². The molecule has 31 heavy (non-hydrogen) atoms. The fourth-order valence-corrected chi connectivity index (χ4v) is 3.01. The molecule has 1 fully saturated rings. The van der Waals surface area contributed by atoms with Crippen LogP contribution in [0, 0.1) is 12.8 Å². The SMILES string of the molecule is CN=C(NCCC(=O)NCc1ccccc1)NCc1ccc(C)cc1OCC1CC1.I. The van der Waals surface area contributed by atoms with Crippen LogP contribution in [0.3, 0.4) is 0 Å². The number of nitrogens with one attached hydrogen (secondary N) is 3. The van der Waals surface area contributed by atoms with Gasteiger partial charge in [-0.1, -0.05) is 42.5 Å². The minimum absolute atomic E-state index is 0. The van der Waals surface area contributed by atoms with E-state index in [4.69, 9.17) is 4.74 Å². The van der Waals surface area contributed by atoms with Gasteiger partial charge in [-0.25, -0.2) is 0 Å². The van der Waals surface area contributed by atoms with E-state index >= 15 is 0 Å². The van der Waals surface area contributed by atoms with Crippen LogP contribution in [0.15, 0.2) is 53.5 Å². The number of rotatable bonds is 10. The lowest BCUT2D eigenvalue weighted by molar-refractivity contribution is -0.121. The number of amides is 1. The molecule has 0 aliphatic heterocycles. The molecular weight excluding hydrogens is 503 g/mol. The highest BCUT2D eigenvalue weighted by molar-refractivity contribution is 14.0. The van der Waals surface area contributed by atoms with E-state index in [1.807, 2.05) is 30.3 Å². The Morgan fingerprint density at radius 2 is 1.84 bits per heavy atom. The number of aryl methyl sites for hydroxylation is 1. The zero-order valence-electron chi connectivity index (χ0n) is 18.3. The number of ether oxygens (including phenoxy) is 1. The highest BCUT2D eigenvalue weighted by atomic mass is 127. The van der Waals surface area contributed by atoms with Gasteiger partial charge < -0.3 is 20.7 Å². The van der Waals surface area contributed by atoms with Crippen LogP contribution in [-0.4, -0.2) is 32.1 Å². The van der Waals surface area contributed by atoms with Crippen molar-refractivity contribution in [3.05, 3.63) is 65.2 Å². The predicted molar refractivity (Wildman–Crippen MR) is 136 cm³/mol. The van der Waals surface area contributed by atoms with Crippen LogP contribution in [0.1, 0.15) is 36.0 Å². The molecule has 0 radical (unpaired) electrons. The van der Waals surface area contributed by atoms with Gasteiger partial charge in [0.2, 0.25) is 5.91 Å². The monoisotopic (exact) mass is 536 g/mol. The Kier molecular flexibility index (Phi) is 10.6. The first-order valence-corrected chi connectivity index (χ1v) is 10.6. The number of benzene rings is 2. The second-order valence-electron chi connectivity index (χ2n) is 7.73. The lowest BCUT2D eigenvalue weighted by atomic mass is 10.1. The van der Waals surface area contributed by atoms with Crippen LogP contribution >= 0.6 is 24.0 Å². The van der Waals surface area contributed by atoms with Gasteiger partial charge in [-0.15, -0.1) is 24.0 Å². The Morgan fingerprint density at radius 1 is 1.06 bits per heavy atom. The Labute approximate surface area is 202 Å². The van der Waals surface area contributed by atoms with Gasteiger partial charge in [0.25, 0.3) is 0 Å². The Morgan fingerprint density at radius 3 is 2.55 bits per heavy atom. The number of carbonyl (C=O) groups excluding carboxylic acids is 1. The topological polar surface area (TPSA) is 74.8 Å². The van der Waals surface area contributed by atoms with Gasteiger partial charge in [0, 0.05) is 38.7 Å². The van der Waals surface area contributed by atoms with Gasteiger partial charge in [-0.3, -0.25) is 9.79 Å². The fraction of sp³-hybridized carbons (Fsp3) is 0.417. The quantitative estimate of drug-likeness (QED) is 0.246. The van der Waals surface area contributed by atoms with E-state index in [-0.39, 0.29) is 29.9 Å². The minimum Gasteiger partial charge on any atom is -0.493 e. The van der Waals surface area contributed by atoms with Crippen molar-refractivity contribution in [3.63, 3.8) is 0 Å². The summed E-state index contributed by atoms with van der Waals surface area (Å²) < 4.78 is 6.03. The second-order valence-corrected chi connectivity index (χ2v) is 7.73. The summed E-state index contributed by atoms with van der Waals surface area (Å²) in [5.74, 6) is 2.33. The highest BCUT2D eigenvalue weighted by Crippen LogP contribution is 2.30. The largest absolute Gasteiger partial charge is 0.493 e. The van der Waals surface area contributed by atoms with Crippen molar-refractivity contribution in [3.8, 4) is 5.75 Å². The lowest BCUT2D eigenvalue weighted by Crippen LogP contribution is -2.39. The third kappa shape index (κ3) is 9.16. The second kappa shape index (κ2) is 13.2. The molecular formula is C24H33IN4O2. The fourth-order valence-electron chi connectivity index (χ4n) is 3.01. The molecule has 1 amide bonds. The third-order valence-corrected chi connectivity index (χ3v) is 5.04. The molecule has 3 rings (SSSR count). The third-order valence-electron chi connectivity index (χ3n) is 5.04. The van der Waals surface area contributed by atoms with Gasteiger partial charge in [-0.05, 0) is 42.9 Å². The molecule has 0 saturated heterocycles. The van der Waals surface area contributed by atoms with Crippen molar-refractivity contribution in [2.75, 3.05) is 20.2 Å². The summed E-state index contributed by atoms with van der Waals surface area (Å²) in [4.78, 5) is 16.3. The van der Waals surface area contributed by atoms with Crippen LogP contribution in [0.2, 0.25) is 0 Å². The zero-order valence-corrected chi connectivity index (χ0v) is 20.6. The molecule has 0 spiro atoms. The summed E-state index contributed by atoms with van der Waals surface area (Å²) in [6, 6.07) is 16.2. The van der Waals surface area contributed by atoms with E-state index < -0.39 is 0 Å². The number of aliphatic imine (C=N–C) groups is 1. The zero-order chi connectivity index (χ0) is 21.2. The molecule has 6 nitrogen and oxygen atoms in total. The van der Waals surface area contributed by atoms with E-state index in [2.05, 4.69) is 46.1 Å². The summed E-state index contributed by atoms with van der Waals surface area (Å²) in [5.41, 5.74) is 3.38. The van der Waals surface area contributed by atoms with Crippen molar-refractivity contribution in [1.29, 1.82) is 0 Å². The summed E-state index contributed by atoms with van der Waals surface area (Å²) >= 11 is 0. The number of halogens is 1. The molecule has 168 valence electrons. The number of hydrogen-bond donors (Lipinski definition) is 3. The van der Waals surface area contributed by atoms with E-state index in [1.54, 1.807) is 7.05 Å². The number of hydrogen-bond acceptors (Lipinski definition) is 3. The maximum Gasteiger partial charge on any atom is 0.222 e. The first-order chi connectivity index (χ1) is 14.6. The molecule has 1 saturated carbocycles. The lowest BCUT2D eigenvalue weighted by Gasteiger charge is -2.15. The maximum atomic E-state index is 12.0. The van der Waals surface area contributed by atoms with E-state index in [1.165, 1.54) is 18.4 Å². The summed E-state index contributed by atoms with van der Waals surface area (Å²) in [5, 5.41) is 9.44. The molecule has 2 aromatic rings. The average Bonchev–Trinajstić information content (AvgIpc) is 3.59. The normalized spacial score (nSPS) is 13.2. The molecule has 1 aliphatic carbocycles. The van der Waals surface area contributed by atoms with E-state index in [0.29, 0.717) is 37.9 Å². The minimum atomic E-state index is 0. The van der Waals surface area contributed by atoms with Crippen LogP contribution in [0.25, 0.3) is 0 Å². The molecule has 7 heteroatoms. The van der Waals surface area contributed by atoms with E-state index in [0.717, 1.165) is 23.5 Å². The van der Waals surface area contributed by atoms with Gasteiger partial charge in [0.05, 0.1) is 6.61 Å². The predicted octanol–water partition coefficient (Wildman–Crippen LogP) is 3.77. The number of nitrogens with zero attached hydrogens (tertiary/aromatic N) is 1. The molecule has 2 aromatic carbocycles. The van der Waals surface area contributed by atoms with Gasteiger partial charge in [0.1, 0.15) is 5.75 Å². The first-order valence-electron chi connectivity index (χ1n) is 10.6. The number of carbonyl (C=O) groups is 1. The summed E-state index contributed by atoms with van der Waals surface area (Å²) in [7, 11) is 1.73. The maximum absolute atomic E-state index is 12.0. The van der Waals surface area contributed by atoms with Crippen molar-refractivity contribution in [2.24, 2.45) is 10.9 Å². The van der Waals surface area contributed by atoms with Crippen molar-refractivity contribution >= 4 is 35.8 Å². The standard InChI is InChI=1S/C24H32N4O2.HI/c1-18-8-11-21(22(14-18)30-17-20-9-10-20)16-28-24(25-2)26-13-12-23(29)27-15-19-6-4-3-5-7-19;/h3-8,11,14,20H,9-10,12-13,15-17H2,1-2H3,(H,27,29)(H2,25,26,28);1H. The smallest absolute Gasteiger partial charge is 0.222 e. The summed E-state index contributed by atoms with van der Waals surface area (Å²) in [6.45, 7) is 4.54. The van der Waals surface area contributed by atoms with Crippen molar-refractivity contribution in [2.45, 2.75) is 39.3 Å². The van der Waals surface area contributed by atoms with Crippen LogP contribution < -0.4 is 20.7 Å². The Hall–Kier alpha value is -2.29. The average molecular weight is 536 g/mol. The van der Waals surface area contributed by atoms with Crippen molar-refractivity contribution in [1.82, 2.24) is 16.0 Å². The molecule has 0 heterocycles. The van der Waals surface area contributed by atoms with Crippen LogP contribution in [-0.2, 0) is 17.9 Å². The van der Waals surface area contributed by atoms with Crippen LogP contribution in [0.4, 0.5) is 0 Å². The first kappa shape index (κ1) is 25.0. The molecule has 0 atom stereocenters. The molecule has 0 unspecified atom stereocenters. The van der Waals surface area contributed by atoms with Crippen molar-refractivity contribution < 1.29 is 9.53 Å². The van der Waals surface area contributed by atoms with Gasteiger partial charge >= 0.3 is 0 Å². The van der Waals surface area contributed by atoms with Crippen LogP contribution in [0.5, 0.6) is 5.75 Å². The Balaban J connectivity index is 0.00000341. The van der Waals surface area contributed by atoms with Gasteiger partial charge in [-0.2, -0.15) is 0 Å². The molecule has 0 aromatic heterocycles. The Bertz CT molecular complexity index is 854. The molecule has 3 N–H and O–H groups in total. The number of guanidine groups is 1.